The zero-order chi connectivity index (χ0) is 21.5. The molecule has 31 heavy (non-hydrogen) atoms. The van der Waals surface area contributed by atoms with Crippen LogP contribution in [-0.4, -0.2) is 34.3 Å². The Kier molecular flexibility index (Phi) is 3.50. The van der Waals surface area contributed by atoms with Crippen LogP contribution < -0.4 is 10.4 Å². The molecule has 3 aliphatic rings. The van der Waals surface area contributed by atoms with Gasteiger partial charge in [0.25, 0.3) is 5.91 Å². The summed E-state index contributed by atoms with van der Waals surface area (Å²) >= 11 is 0. The normalized spacial score (nSPS) is 23.4. The van der Waals surface area contributed by atoms with E-state index in [1.165, 1.54) is 23.2 Å². The van der Waals surface area contributed by atoms with Crippen molar-refractivity contribution in [2.24, 2.45) is 5.92 Å². The second-order valence-corrected chi connectivity index (χ2v) is 8.57. The number of nitrogens with zero attached hydrogens (tertiary/aromatic N) is 3. The highest BCUT2D eigenvalue weighted by molar-refractivity contribution is 5.96. The first kappa shape index (κ1) is 18.2. The molecule has 0 saturated carbocycles. The van der Waals surface area contributed by atoms with Crippen molar-refractivity contribution >= 4 is 5.91 Å². The van der Waals surface area contributed by atoms with Gasteiger partial charge in [-0.05, 0) is 35.6 Å². The fourth-order valence-electron chi connectivity index (χ4n) is 5.88. The standard InChI is InChI=1S/C24H20FN3O3/c1-26-13-28(27-10-9-19(29)22(30)21(27)23(26)31)24-16(11-14-5-2-3-7-17(14)24)12-15-6-4-8-18(25)20(15)24/h2-10,16,30H,11-13H2,1H3. The van der Waals surface area contributed by atoms with Gasteiger partial charge in [0.15, 0.2) is 11.4 Å². The first-order chi connectivity index (χ1) is 14.9. The van der Waals surface area contributed by atoms with Gasteiger partial charge in [-0.3, -0.25) is 19.3 Å². The van der Waals surface area contributed by atoms with Gasteiger partial charge in [-0.15, -0.1) is 0 Å². The number of carbonyl (C=O) groups excluding carboxylic acids is 1. The summed E-state index contributed by atoms with van der Waals surface area (Å²) in [7, 11) is 1.62. The molecule has 2 heterocycles. The number of aromatic nitrogens is 1. The highest BCUT2D eigenvalue weighted by Crippen LogP contribution is 2.57. The van der Waals surface area contributed by atoms with Crippen molar-refractivity contribution in [2.45, 2.75) is 18.4 Å². The predicted octanol–water partition coefficient (Wildman–Crippen LogP) is 2.35. The molecule has 1 aliphatic heterocycles. The Morgan fingerprint density at radius 3 is 2.61 bits per heavy atom. The zero-order valence-electron chi connectivity index (χ0n) is 16.9. The summed E-state index contributed by atoms with van der Waals surface area (Å²) in [5.74, 6) is -1.27. The summed E-state index contributed by atoms with van der Waals surface area (Å²) < 4.78 is 17.1. The fourth-order valence-corrected chi connectivity index (χ4v) is 5.88. The molecule has 0 spiro atoms. The van der Waals surface area contributed by atoms with Crippen LogP contribution in [0.3, 0.4) is 0 Å². The molecule has 2 atom stereocenters. The van der Waals surface area contributed by atoms with Gasteiger partial charge in [0, 0.05) is 30.8 Å². The third kappa shape index (κ3) is 2.10. The number of benzene rings is 2. The van der Waals surface area contributed by atoms with Crippen molar-refractivity contribution in [3.05, 3.63) is 98.7 Å². The Bertz CT molecular complexity index is 1330. The molecule has 2 unspecified atom stereocenters. The third-order valence-electron chi connectivity index (χ3n) is 7.05. The van der Waals surface area contributed by atoms with Crippen molar-refractivity contribution in [1.82, 2.24) is 9.58 Å². The van der Waals surface area contributed by atoms with Gasteiger partial charge >= 0.3 is 0 Å². The number of amides is 1. The van der Waals surface area contributed by atoms with Crippen LogP contribution in [-0.2, 0) is 18.4 Å². The average molecular weight is 417 g/mol. The van der Waals surface area contributed by atoms with E-state index >= 15 is 4.39 Å². The smallest absolute Gasteiger partial charge is 0.277 e. The van der Waals surface area contributed by atoms with Crippen LogP contribution >= 0.6 is 0 Å². The molecule has 0 saturated heterocycles. The predicted molar refractivity (Wildman–Crippen MR) is 112 cm³/mol. The van der Waals surface area contributed by atoms with E-state index in [0.717, 1.165) is 23.1 Å². The second-order valence-electron chi connectivity index (χ2n) is 8.57. The summed E-state index contributed by atoms with van der Waals surface area (Å²) in [5.41, 5.74) is 2.13. The number of pyridine rings is 1. The number of halogens is 1. The number of aromatic hydroxyl groups is 1. The highest BCUT2D eigenvalue weighted by Gasteiger charge is 2.59. The summed E-state index contributed by atoms with van der Waals surface area (Å²) in [4.78, 5) is 26.5. The quantitative estimate of drug-likeness (QED) is 0.660. The van der Waals surface area contributed by atoms with Crippen molar-refractivity contribution in [1.29, 1.82) is 0 Å². The van der Waals surface area contributed by atoms with Crippen molar-refractivity contribution in [2.75, 3.05) is 18.7 Å². The van der Waals surface area contributed by atoms with Crippen LogP contribution in [0.4, 0.5) is 4.39 Å². The third-order valence-corrected chi connectivity index (χ3v) is 7.05. The van der Waals surface area contributed by atoms with E-state index in [2.05, 4.69) is 6.07 Å². The van der Waals surface area contributed by atoms with E-state index in [1.54, 1.807) is 17.8 Å². The van der Waals surface area contributed by atoms with E-state index in [9.17, 15) is 14.7 Å². The monoisotopic (exact) mass is 417 g/mol. The van der Waals surface area contributed by atoms with Crippen molar-refractivity contribution in [3.8, 4) is 5.75 Å². The molecular weight excluding hydrogens is 397 g/mol. The first-order valence-corrected chi connectivity index (χ1v) is 10.3. The fraction of sp³-hybridized carbons (Fsp3) is 0.250. The maximum atomic E-state index is 15.5. The molecule has 2 aromatic carbocycles. The molecule has 0 fully saturated rings. The first-order valence-electron chi connectivity index (χ1n) is 10.3. The zero-order valence-corrected chi connectivity index (χ0v) is 16.9. The Labute approximate surface area is 177 Å². The lowest BCUT2D eigenvalue weighted by Gasteiger charge is -2.50. The van der Waals surface area contributed by atoms with Crippen LogP contribution in [0.5, 0.6) is 5.75 Å². The minimum Gasteiger partial charge on any atom is -0.502 e. The maximum Gasteiger partial charge on any atom is 0.277 e. The van der Waals surface area contributed by atoms with Crippen LogP contribution in [0.15, 0.2) is 59.5 Å². The molecule has 1 amide bonds. The van der Waals surface area contributed by atoms with Crippen LogP contribution in [0.2, 0.25) is 0 Å². The molecule has 0 radical (unpaired) electrons. The van der Waals surface area contributed by atoms with Gasteiger partial charge in [0.05, 0.1) is 0 Å². The van der Waals surface area contributed by atoms with Crippen LogP contribution in [0, 0.1) is 11.7 Å². The minimum absolute atomic E-state index is 0.0489. The van der Waals surface area contributed by atoms with Gasteiger partial charge < -0.3 is 10.0 Å². The Hall–Kier alpha value is -3.61. The van der Waals surface area contributed by atoms with Gasteiger partial charge in [-0.2, -0.15) is 0 Å². The number of hydrogen-bond acceptors (Lipinski definition) is 4. The number of hydrogen-bond donors (Lipinski definition) is 1. The maximum absolute atomic E-state index is 15.5. The van der Waals surface area contributed by atoms with Gasteiger partial charge in [0.1, 0.15) is 18.0 Å². The number of fused-ring (bicyclic) bond motifs is 6. The SMILES string of the molecule is CN1CN(C23c4ccccc4CC2Cc2cccc(F)c23)n2ccc(=O)c(O)c2C1=O. The summed E-state index contributed by atoms with van der Waals surface area (Å²) in [5, 5.41) is 12.4. The van der Waals surface area contributed by atoms with E-state index in [4.69, 9.17) is 0 Å². The molecule has 6 rings (SSSR count). The minimum atomic E-state index is -0.859. The van der Waals surface area contributed by atoms with E-state index in [-0.39, 0.29) is 24.1 Å². The molecule has 1 aromatic heterocycles. The molecule has 1 N–H and O–H groups in total. The van der Waals surface area contributed by atoms with Crippen molar-refractivity contribution < 1.29 is 14.3 Å². The molecular formula is C24H20FN3O3. The largest absolute Gasteiger partial charge is 0.502 e. The van der Waals surface area contributed by atoms with E-state index in [1.807, 2.05) is 29.3 Å². The van der Waals surface area contributed by atoms with Gasteiger partial charge in [-0.1, -0.05) is 36.4 Å². The summed E-state index contributed by atoms with van der Waals surface area (Å²) in [6.07, 6.45) is 2.99. The van der Waals surface area contributed by atoms with Crippen molar-refractivity contribution in [3.63, 3.8) is 0 Å². The van der Waals surface area contributed by atoms with E-state index in [0.29, 0.717) is 12.0 Å². The summed E-state index contributed by atoms with van der Waals surface area (Å²) in [6, 6.07) is 14.4. The second kappa shape index (κ2) is 5.97. The lowest BCUT2D eigenvalue weighted by Crippen LogP contribution is -2.62. The van der Waals surface area contributed by atoms with Gasteiger partial charge in [-0.25, -0.2) is 4.39 Å². The Morgan fingerprint density at radius 1 is 1.03 bits per heavy atom. The lowest BCUT2D eigenvalue weighted by molar-refractivity contribution is 0.0696. The number of carbonyl (C=O) groups is 1. The number of rotatable bonds is 1. The highest BCUT2D eigenvalue weighted by atomic mass is 19.1. The molecule has 3 aromatic rings. The van der Waals surface area contributed by atoms with Crippen LogP contribution in [0.25, 0.3) is 0 Å². The summed E-state index contributed by atoms with van der Waals surface area (Å²) in [6.45, 7) is 0.187. The average Bonchev–Trinajstić information content (AvgIpc) is 3.24. The van der Waals surface area contributed by atoms with Gasteiger partial charge in [0.2, 0.25) is 5.43 Å². The van der Waals surface area contributed by atoms with E-state index < -0.39 is 22.6 Å². The molecule has 6 nitrogen and oxygen atoms in total. The Balaban J connectivity index is 1.72. The van der Waals surface area contributed by atoms with Crippen LogP contribution in [0.1, 0.15) is 32.7 Å². The molecule has 2 aliphatic carbocycles. The molecule has 156 valence electrons. The lowest BCUT2D eigenvalue weighted by atomic mass is 9.81. The Morgan fingerprint density at radius 2 is 1.77 bits per heavy atom. The topological polar surface area (TPSA) is 65.8 Å². The molecule has 0 bridgehead atoms. The molecule has 7 heteroatoms.